The second kappa shape index (κ2) is 5.30. The fourth-order valence-electron chi connectivity index (χ4n) is 2.31. The van der Waals surface area contributed by atoms with Gasteiger partial charge in [0.25, 0.3) is 0 Å². The van der Waals surface area contributed by atoms with Gasteiger partial charge < -0.3 is 11.1 Å². The monoisotopic (exact) mass is 282 g/mol. The fraction of sp³-hybridized carbons (Fsp3) is 0.538. The molecule has 1 fully saturated rings. The van der Waals surface area contributed by atoms with Crippen LogP contribution >= 0.6 is 15.9 Å². The molecule has 1 aromatic rings. The Morgan fingerprint density at radius 1 is 1.44 bits per heavy atom. The average Bonchev–Trinajstić information content (AvgIpc) is 2.66. The van der Waals surface area contributed by atoms with E-state index in [0.29, 0.717) is 12.1 Å². The van der Waals surface area contributed by atoms with Crippen LogP contribution in [0, 0.1) is 6.92 Å². The van der Waals surface area contributed by atoms with Gasteiger partial charge in [0.1, 0.15) is 0 Å². The zero-order chi connectivity index (χ0) is 11.5. The molecular weight excluding hydrogens is 264 g/mol. The first-order valence-corrected chi connectivity index (χ1v) is 6.70. The molecule has 0 heterocycles. The van der Waals surface area contributed by atoms with E-state index in [1.165, 1.54) is 24.0 Å². The summed E-state index contributed by atoms with van der Waals surface area (Å²) in [7, 11) is 0. The molecule has 2 nitrogen and oxygen atoms in total. The third-order valence-electron chi connectivity index (χ3n) is 3.44. The lowest BCUT2D eigenvalue weighted by Crippen LogP contribution is -2.40. The Bertz CT molecular complexity index is 365. The van der Waals surface area contributed by atoms with Gasteiger partial charge in [-0.2, -0.15) is 0 Å². The number of hydrogen-bond acceptors (Lipinski definition) is 2. The van der Waals surface area contributed by atoms with Crippen LogP contribution in [0.3, 0.4) is 0 Å². The third-order valence-corrected chi connectivity index (χ3v) is 3.93. The first-order chi connectivity index (χ1) is 7.66. The van der Waals surface area contributed by atoms with Crippen molar-refractivity contribution in [1.29, 1.82) is 0 Å². The van der Waals surface area contributed by atoms with Gasteiger partial charge in [0.15, 0.2) is 0 Å². The van der Waals surface area contributed by atoms with Crippen molar-refractivity contribution in [1.82, 2.24) is 5.32 Å². The van der Waals surface area contributed by atoms with Crippen LogP contribution in [0.15, 0.2) is 22.7 Å². The molecule has 0 bridgehead atoms. The van der Waals surface area contributed by atoms with Gasteiger partial charge >= 0.3 is 0 Å². The summed E-state index contributed by atoms with van der Waals surface area (Å²) in [6.07, 6.45) is 3.64. The molecule has 1 aliphatic rings. The predicted molar refractivity (Wildman–Crippen MR) is 71.3 cm³/mol. The first kappa shape index (κ1) is 12.1. The third kappa shape index (κ3) is 2.84. The number of hydrogen-bond donors (Lipinski definition) is 2. The number of aryl methyl sites for hydroxylation is 1. The molecule has 3 N–H and O–H groups in total. The minimum absolute atomic E-state index is 0.340. The molecule has 1 aliphatic carbocycles. The summed E-state index contributed by atoms with van der Waals surface area (Å²) in [5, 5.41) is 3.57. The highest BCUT2D eigenvalue weighted by atomic mass is 79.9. The van der Waals surface area contributed by atoms with Crippen molar-refractivity contribution in [3.05, 3.63) is 33.8 Å². The quantitative estimate of drug-likeness (QED) is 0.895. The maximum atomic E-state index is 6.04. The van der Waals surface area contributed by atoms with Crippen LogP contribution < -0.4 is 11.1 Å². The van der Waals surface area contributed by atoms with Gasteiger partial charge in [-0.3, -0.25) is 0 Å². The lowest BCUT2D eigenvalue weighted by Gasteiger charge is -2.18. The summed E-state index contributed by atoms with van der Waals surface area (Å²) in [6, 6.07) is 7.25. The molecule has 2 unspecified atom stereocenters. The van der Waals surface area contributed by atoms with Crippen molar-refractivity contribution in [3.8, 4) is 0 Å². The average molecular weight is 283 g/mol. The van der Waals surface area contributed by atoms with Gasteiger partial charge in [-0.05, 0) is 43.0 Å². The van der Waals surface area contributed by atoms with Crippen molar-refractivity contribution in [2.75, 3.05) is 0 Å². The maximum Gasteiger partial charge on any atom is 0.0222 e. The highest BCUT2D eigenvalue weighted by Gasteiger charge is 2.22. The summed E-state index contributed by atoms with van der Waals surface area (Å²) in [6.45, 7) is 3.07. The van der Waals surface area contributed by atoms with Crippen LogP contribution in [0.1, 0.15) is 30.4 Å². The van der Waals surface area contributed by atoms with E-state index < -0.39 is 0 Å². The van der Waals surface area contributed by atoms with Crippen LogP contribution in [0.2, 0.25) is 0 Å². The zero-order valence-corrected chi connectivity index (χ0v) is 11.3. The van der Waals surface area contributed by atoms with Crippen LogP contribution in [0.5, 0.6) is 0 Å². The van der Waals surface area contributed by atoms with Crippen molar-refractivity contribution < 1.29 is 0 Å². The number of nitrogens with one attached hydrogen (secondary N) is 1. The van der Waals surface area contributed by atoms with Gasteiger partial charge in [0.2, 0.25) is 0 Å². The van der Waals surface area contributed by atoms with Gasteiger partial charge in [0.05, 0.1) is 0 Å². The molecule has 1 aromatic carbocycles. The Hall–Kier alpha value is -0.380. The molecule has 0 aliphatic heterocycles. The van der Waals surface area contributed by atoms with Gasteiger partial charge in [0, 0.05) is 23.1 Å². The van der Waals surface area contributed by atoms with E-state index in [4.69, 9.17) is 5.73 Å². The second-order valence-corrected chi connectivity index (χ2v) is 5.57. The molecule has 16 heavy (non-hydrogen) atoms. The normalized spacial score (nSPS) is 24.9. The van der Waals surface area contributed by atoms with E-state index in [-0.39, 0.29) is 0 Å². The topological polar surface area (TPSA) is 38.0 Å². The van der Waals surface area contributed by atoms with Crippen molar-refractivity contribution in [2.45, 2.75) is 44.8 Å². The van der Waals surface area contributed by atoms with Crippen LogP contribution in [-0.4, -0.2) is 12.1 Å². The summed E-state index contributed by atoms with van der Waals surface area (Å²) >= 11 is 3.51. The lowest BCUT2D eigenvalue weighted by atomic mass is 10.1. The molecule has 1 saturated carbocycles. The summed E-state index contributed by atoms with van der Waals surface area (Å²) in [5.41, 5.74) is 8.73. The molecule has 0 aromatic heterocycles. The molecular formula is C13H19BrN2. The Balaban J connectivity index is 1.96. The minimum Gasteiger partial charge on any atom is -0.326 e. The van der Waals surface area contributed by atoms with Crippen LogP contribution in [-0.2, 0) is 6.54 Å². The Labute approximate surface area is 106 Å². The number of rotatable bonds is 3. The fourth-order valence-corrected chi connectivity index (χ4v) is 2.72. The van der Waals surface area contributed by atoms with E-state index in [0.717, 1.165) is 17.4 Å². The van der Waals surface area contributed by atoms with E-state index in [1.54, 1.807) is 0 Å². The largest absolute Gasteiger partial charge is 0.326 e. The Morgan fingerprint density at radius 3 is 2.94 bits per heavy atom. The van der Waals surface area contributed by atoms with Gasteiger partial charge in [-0.25, -0.2) is 0 Å². The van der Waals surface area contributed by atoms with Crippen LogP contribution in [0.25, 0.3) is 0 Å². The number of halogens is 1. The van der Waals surface area contributed by atoms with Gasteiger partial charge in [-0.1, -0.05) is 28.4 Å². The minimum atomic E-state index is 0.340. The second-order valence-electron chi connectivity index (χ2n) is 4.65. The SMILES string of the molecule is Cc1ccc(Br)cc1CNC1CCCC1N. The molecule has 0 spiro atoms. The molecule has 0 radical (unpaired) electrons. The highest BCUT2D eigenvalue weighted by molar-refractivity contribution is 9.10. The molecule has 0 amide bonds. The molecule has 3 heteroatoms. The number of benzene rings is 1. The Morgan fingerprint density at radius 2 is 2.25 bits per heavy atom. The van der Waals surface area contributed by atoms with Crippen LogP contribution in [0.4, 0.5) is 0 Å². The molecule has 0 saturated heterocycles. The Kier molecular flexibility index (Phi) is 4.00. The van der Waals surface area contributed by atoms with E-state index in [9.17, 15) is 0 Å². The van der Waals surface area contributed by atoms with Crippen molar-refractivity contribution in [3.63, 3.8) is 0 Å². The van der Waals surface area contributed by atoms with E-state index >= 15 is 0 Å². The zero-order valence-electron chi connectivity index (χ0n) is 9.67. The predicted octanol–water partition coefficient (Wildman–Crippen LogP) is 2.73. The van der Waals surface area contributed by atoms with E-state index in [1.807, 2.05) is 0 Å². The first-order valence-electron chi connectivity index (χ1n) is 5.91. The summed E-state index contributed by atoms with van der Waals surface area (Å²) in [5.74, 6) is 0. The highest BCUT2D eigenvalue weighted by Crippen LogP contribution is 2.19. The van der Waals surface area contributed by atoms with E-state index in [2.05, 4.69) is 46.4 Å². The standard InChI is InChI=1S/C13H19BrN2/c1-9-5-6-11(14)7-10(9)8-16-13-4-2-3-12(13)15/h5-7,12-13,16H,2-4,8,15H2,1H3. The smallest absolute Gasteiger partial charge is 0.0222 e. The maximum absolute atomic E-state index is 6.04. The molecule has 88 valence electrons. The van der Waals surface area contributed by atoms with Crippen molar-refractivity contribution in [2.24, 2.45) is 5.73 Å². The molecule has 2 atom stereocenters. The number of nitrogens with two attached hydrogens (primary N) is 1. The van der Waals surface area contributed by atoms with Crippen molar-refractivity contribution >= 4 is 15.9 Å². The molecule has 2 rings (SSSR count). The summed E-state index contributed by atoms with van der Waals surface area (Å²) in [4.78, 5) is 0. The lowest BCUT2D eigenvalue weighted by molar-refractivity contribution is 0.475. The van der Waals surface area contributed by atoms with Gasteiger partial charge in [-0.15, -0.1) is 0 Å². The summed E-state index contributed by atoms with van der Waals surface area (Å²) < 4.78 is 1.14.